The molecule has 7 heteroatoms. The molecular formula is C23H20FNO5. The molecule has 0 aliphatic heterocycles. The van der Waals surface area contributed by atoms with Crippen LogP contribution < -0.4 is 4.74 Å². The average Bonchev–Trinajstić information content (AvgIpc) is 2.73. The summed E-state index contributed by atoms with van der Waals surface area (Å²) >= 11 is 0. The largest absolute Gasteiger partial charge is 0.494 e. The van der Waals surface area contributed by atoms with Gasteiger partial charge in [-0.05, 0) is 60.4 Å². The van der Waals surface area contributed by atoms with Crippen molar-refractivity contribution in [3.05, 3.63) is 76.7 Å². The monoisotopic (exact) mass is 409 g/mol. The summed E-state index contributed by atoms with van der Waals surface area (Å²) in [6.07, 6.45) is 4.54. The topological polar surface area (TPSA) is 85.7 Å². The van der Waals surface area contributed by atoms with Crippen LogP contribution in [0.25, 0.3) is 17.0 Å². The number of carboxylic acids is 1. The van der Waals surface area contributed by atoms with Crippen LogP contribution in [0.1, 0.15) is 34.0 Å². The number of hydrogen-bond acceptors (Lipinski definition) is 5. The van der Waals surface area contributed by atoms with Crippen molar-refractivity contribution in [2.75, 3.05) is 13.7 Å². The maximum atomic E-state index is 13.2. The van der Waals surface area contributed by atoms with E-state index in [4.69, 9.17) is 14.6 Å². The summed E-state index contributed by atoms with van der Waals surface area (Å²) in [7, 11) is 1.43. The SMILES string of the molecule is CCOC(=O)c1cc(C=CC(=O)O)c2cc(Cc3ccc(F)cc3)cnc2c1OC. The molecule has 30 heavy (non-hydrogen) atoms. The fourth-order valence-corrected chi connectivity index (χ4v) is 3.14. The Hall–Kier alpha value is -3.74. The highest BCUT2D eigenvalue weighted by molar-refractivity contribution is 6.04. The zero-order valence-electron chi connectivity index (χ0n) is 16.5. The lowest BCUT2D eigenvalue weighted by molar-refractivity contribution is -0.131. The van der Waals surface area contributed by atoms with Crippen LogP contribution in [0.5, 0.6) is 5.75 Å². The van der Waals surface area contributed by atoms with Gasteiger partial charge < -0.3 is 14.6 Å². The van der Waals surface area contributed by atoms with Gasteiger partial charge in [-0.1, -0.05) is 12.1 Å². The van der Waals surface area contributed by atoms with Gasteiger partial charge in [-0.2, -0.15) is 0 Å². The summed E-state index contributed by atoms with van der Waals surface area (Å²) in [5.41, 5.74) is 2.80. The summed E-state index contributed by atoms with van der Waals surface area (Å²) < 4.78 is 23.7. The Morgan fingerprint density at radius 3 is 2.53 bits per heavy atom. The summed E-state index contributed by atoms with van der Waals surface area (Å²) in [6.45, 7) is 1.88. The van der Waals surface area contributed by atoms with Crippen LogP contribution in [0.2, 0.25) is 0 Å². The van der Waals surface area contributed by atoms with E-state index >= 15 is 0 Å². The van der Waals surface area contributed by atoms with Crippen LogP contribution in [0.15, 0.2) is 48.7 Å². The third kappa shape index (κ3) is 4.63. The molecule has 0 aliphatic carbocycles. The number of esters is 1. The summed E-state index contributed by atoms with van der Waals surface area (Å²) in [5, 5.41) is 9.66. The highest BCUT2D eigenvalue weighted by Crippen LogP contribution is 2.33. The van der Waals surface area contributed by atoms with Crippen molar-refractivity contribution >= 4 is 28.9 Å². The maximum absolute atomic E-state index is 13.2. The molecule has 3 aromatic rings. The molecule has 6 nitrogen and oxygen atoms in total. The molecule has 1 heterocycles. The van der Waals surface area contributed by atoms with E-state index in [1.54, 1.807) is 25.3 Å². The fourth-order valence-electron chi connectivity index (χ4n) is 3.14. The third-order valence-corrected chi connectivity index (χ3v) is 4.44. The van der Waals surface area contributed by atoms with Gasteiger partial charge in [-0.3, -0.25) is 4.98 Å². The molecule has 0 amide bonds. The molecule has 3 rings (SSSR count). The van der Waals surface area contributed by atoms with E-state index in [1.807, 2.05) is 6.07 Å². The normalized spacial score (nSPS) is 11.0. The van der Waals surface area contributed by atoms with Crippen LogP contribution >= 0.6 is 0 Å². The van der Waals surface area contributed by atoms with Gasteiger partial charge >= 0.3 is 11.9 Å². The Morgan fingerprint density at radius 2 is 1.90 bits per heavy atom. The first-order chi connectivity index (χ1) is 14.4. The van der Waals surface area contributed by atoms with Gasteiger partial charge in [0.15, 0.2) is 5.75 Å². The third-order valence-electron chi connectivity index (χ3n) is 4.44. The number of fused-ring (bicyclic) bond motifs is 1. The lowest BCUT2D eigenvalue weighted by Gasteiger charge is -2.14. The predicted molar refractivity (Wildman–Crippen MR) is 110 cm³/mol. The number of hydrogen-bond donors (Lipinski definition) is 1. The Bertz CT molecular complexity index is 1120. The molecule has 0 spiro atoms. The van der Waals surface area contributed by atoms with E-state index in [1.165, 1.54) is 31.4 Å². The molecule has 0 aliphatic rings. The number of carbonyl (C=O) groups is 2. The minimum absolute atomic E-state index is 0.163. The van der Waals surface area contributed by atoms with Crippen molar-refractivity contribution < 1.29 is 28.6 Å². The van der Waals surface area contributed by atoms with Gasteiger partial charge in [0.05, 0.1) is 13.7 Å². The molecule has 0 radical (unpaired) electrons. The van der Waals surface area contributed by atoms with Crippen LogP contribution in [0.3, 0.4) is 0 Å². The number of carbonyl (C=O) groups excluding carboxylic acids is 1. The Balaban J connectivity index is 2.16. The Morgan fingerprint density at radius 1 is 1.17 bits per heavy atom. The van der Waals surface area contributed by atoms with Crippen molar-refractivity contribution in [3.8, 4) is 5.75 Å². The van der Waals surface area contributed by atoms with E-state index in [0.29, 0.717) is 22.9 Å². The Labute approximate surface area is 172 Å². The molecule has 1 N–H and O–H groups in total. The second-order valence-electron chi connectivity index (χ2n) is 6.48. The lowest BCUT2D eigenvalue weighted by atomic mass is 9.99. The molecule has 154 valence electrons. The number of carboxylic acid groups (broad SMARTS) is 1. The van der Waals surface area contributed by atoms with Crippen molar-refractivity contribution in [2.45, 2.75) is 13.3 Å². The number of aliphatic carboxylic acids is 1. The van der Waals surface area contributed by atoms with Gasteiger partial charge in [0, 0.05) is 17.7 Å². The zero-order chi connectivity index (χ0) is 21.7. The minimum atomic E-state index is -1.12. The van der Waals surface area contributed by atoms with Gasteiger partial charge in [-0.15, -0.1) is 0 Å². The van der Waals surface area contributed by atoms with E-state index in [9.17, 15) is 14.0 Å². The number of ether oxygens (including phenoxy) is 2. The number of benzene rings is 2. The van der Waals surface area contributed by atoms with Crippen LogP contribution in [0.4, 0.5) is 4.39 Å². The van der Waals surface area contributed by atoms with E-state index in [0.717, 1.165) is 17.2 Å². The number of nitrogens with zero attached hydrogens (tertiary/aromatic N) is 1. The Kier molecular flexibility index (Phi) is 6.41. The van der Waals surface area contributed by atoms with Crippen molar-refractivity contribution in [1.29, 1.82) is 0 Å². The lowest BCUT2D eigenvalue weighted by Crippen LogP contribution is -2.08. The average molecular weight is 409 g/mol. The molecule has 0 atom stereocenters. The van der Waals surface area contributed by atoms with Crippen LogP contribution in [-0.2, 0) is 16.0 Å². The molecule has 0 fully saturated rings. The number of halogens is 1. The van der Waals surface area contributed by atoms with Gasteiger partial charge in [0.2, 0.25) is 0 Å². The molecule has 2 aromatic carbocycles. The first-order valence-electron chi connectivity index (χ1n) is 9.25. The van der Waals surface area contributed by atoms with Crippen molar-refractivity contribution in [3.63, 3.8) is 0 Å². The highest BCUT2D eigenvalue weighted by atomic mass is 19.1. The summed E-state index contributed by atoms with van der Waals surface area (Å²) in [4.78, 5) is 27.9. The van der Waals surface area contributed by atoms with Gasteiger partial charge in [0.1, 0.15) is 16.9 Å². The molecule has 0 saturated carbocycles. The second-order valence-corrected chi connectivity index (χ2v) is 6.48. The smallest absolute Gasteiger partial charge is 0.342 e. The summed E-state index contributed by atoms with van der Waals surface area (Å²) in [6, 6.07) is 9.54. The standard InChI is InChI=1S/C23H20FNO5/c1-3-30-23(28)19-12-16(6-9-20(26)27)18-11-15(13-25-21(18)22(19)29-2)10-14-4-7-17(24)8-5-14/h4-9,11-13H,3,10H2,1-2H3,(H,26,27). The molecule has 1 aromatic heterocycles. The number of methoxy groups -OCH3 is 1. The number of pyridine rings is 1. The molecule has 0 bridgehead atoms. The highest BCUT2D eigenvalue weighted by Gasteiger charge is 2.20. The first kappa shape index (κ1) is 21.0. The zero-order valence-corrected chi connectivity index (χ0v) is 16.5. The molecule has 0 saturated heterocycles. The molecule has 0 unspecified atom stereocenters. The van der Waals surface area contributed by atoms with Crippen molar-refractivity contribution in [2.24, 2.45) is 0 Å². The van der Waals surface area contributed by atoms with E-state index in [-0.39, 0.29) is 23.7 Å². The predicted octanol–water partition coefficient (Wildman–Crippen LogP) is 4.25. The number of aromatic nitrogens is 1. The minimum Gasteiger partial charge on any atom is -0.494 e. The number of rotatable bonds is 7. The van der Waals surface area contributed by atoms with Crippen LogP contribution in [-0.4, -0.2) is 35.7 Å². The quantitative estimate of drug-likeness (QED) is 0.464. The van der Waals surface area contributed by atoms with Gasteiger partial charge in [-0.25, -0.2) is 14.0 Å². The summed E-state index contributed by atoms with van der Waals surface area (Å²) in [5.74, 6) is -1.76. The fraction of sp³-hybridized carbons (Fsp3) is 0.174. The molecular weight excluding hydrogens is 389 g/mol. The van der Waals surface area contributed by atoms with Crippen molar-refractivity contribution in [1.82, 2.24) is 4.98 Å². The first-order valence-corrected chi connectivity index (χ1v) is 9.25. The van der Waals surface area contributed by atoms with Crippen LogP contribution in [0, 0.1) is 5.82 Å². The van der Waals surface area contributed by atoms with Gasteiger partial charge in [0.25, 0.3) is 0 Å². The maximum Gasteiger partial charge on any atom is 0.342 e. The second kappa shape index (κ2) is 9.17. The van der Waals surface area contributed by atoms with E-state index in [2.05, 4.69) is 4.98 Å². The van der Waals surface area contributed by atoms with E-state index < -0.39 is 11.9 Å².